The van der Waals surface area contributed by atoms with Crippen molar-refractivity contribution in [2.75, 3.05) is 13.2 Å². The molecule has 134 valence electrons. The predicted octanol–water partition coefficient (Wildman–Crippen LogP) is 4.26. The van der Waals surface area contributed by atoms with E-state index in [-0.39, 0.29) is 5.91 Å². The van der Waals surface area contributed by atoms with Crippen LogP contribution in [0.5, 0.6) is 11.5 Å². The zero-order valence-corrected chi connectivity index (χ0v) is 15.4. The van der Waals surface area contributed by atoms with Gasteiger partial charge in [0.05, 0.1) is 6.54 Å². The van der Waals surface area contributed by atoms with Gasteiger partial charge in [-0.1, -0.05) is 43.6 Å². The third-order valence-corrected chi connectivity index (χ3v) is 3.97. The Morgan fingerprint density at radius 3 is 2.52 bits per heavy atom. The molecule has 25 heavy (non-hydrogen) atoms. The molecule has 2 aromatic rings. The second-order valence-electron chi connectivity index (χ2n) is 5.61. The minimum Gasteiger partial charge on any atom is -0.492 e. The van der Waals surface area contributed by atoms with Crippen LogP contribution < -0.4 is 14.8 Å². The van der Waals surface area contributed by atoms with E-state index >= 15 is 0 Å². The van der Waals surface area contributed by atoms with Gasteiger partial charge in [-0.15, -0.1) is 0 Å². The molecule has 1 N–H and O–H groups in total. The summed E-state index contributed by atoms with van der Waals surface area (Å²) < 4.78 is 11.3. The van der Waals surface area contributed by atoms with E-state index in [0.29, 0.717) is 30.3 Å². The second-order valence-corrected chi connectivity index (χ2v) is 6.05. The molecule has 0 saturated heterocycles. The molecule has 0 saturated carbocycles. The molecule has 0 fully saturated rings. The SMILES string of the molecule is CCc1ccc(OCCNC(=O)C(CC)Oc2cccc(Cl)c2)cc1. The van der Waals surface area contributed by atoms with E-state index in [4.69, 9.17) is 21.1 Å². The van der Waals surface area contributed by atoms with Gasteiger partial charge in [-0.05, 0) is 48.7 Å². The van der Waals surface area contributed by atoms with E-state index < -0.39 is 6.10 Å². The van der Waals surface area contributed by atoms with Gasteiger partial charge in [0, 0.05) is 5.02 Å². The number of hydrogen-bond acceptors (Lipinski definition) is 3. The summed E-state index contributed by atoms with van der Waals surface area (Å²) in [5.41, 5.74) is 1.27. The summed E-state index contributed by atoms with van der Waals surface area (Å²) in [7, 11) is 0. The molecular weight excluding hydrogens is 338 g/mol. The highest BCUT2D eigenvalue weighted by Crippen LogP contribution is 2.19. The third-order valence-electron chi connectivity index (χ3n) is 3.74. The Bertz CT molecular complexity index is 673. The molecule has 2 aromatic carbocycles. The van der Waals surface area contributed by atoms with Gasteiger partial charge in [0.1, 0.15) is 18.1 Å². The monoisotopic (exact) mass is 361 g/mol. The van der Waals surface area contributed by atoms with E-state index in [9.17, 15) is 4.79 Å². The number of amides is 1. The Kier molecular flexibility index (Phi) is 7.61. The van der Waals surface area contributed by atoms with Crippen LogP contribution in [0.4, 0.5) is 0 Å². The summed E-state index contributed by atoms with van der Waals surface area (Å²) in [5.74, 6) is 1.22. The molecule has 1 atom stereocenters. The molecule has 1 unspecified atom stereocenters. The fourth-order valence-corrected chi connectivity index (χ4v) is 2.49. The lowest BCUT2D eigenvalue weighted by Gasteiger charge is -2.17. The predicted molar refractivity (Wildman–Crippen MR) is 100 cm³/mol. The smallest absolute Gasteiger partial charge is 0.261 e. The van der Waals surface area contributed by atoms with Gasteiger partial charge in [0.15, 0.2) is 6.10 Å². The summed E-state index contributed by atoms with van der Waals surface area (Å²) in [6, 6.07) is 15.0. The molecule has 0 heterocycles. The highest BCUT2D eigenvalue weighted by Gasteiger charge is 2.17. The van der Waals surface area contributed by atoms with Gasteiger partial charge in [-0.25, -0.2) is 0 Å². The van der Waals surface area contributed by atoms with Crippen molar-refractivity contribution in [3.8, 4) is 11.5 Å². The number of carbonyl (C=O) groups is 1. The summed E-state index contributed by atoms with van der Waals surface area (Å²) in [4.78, 5) is 12.2. The summed E-state index contributed by atoms with van der Waals surface area (Å²) in [6.07, 6.45) is 1.02. The lowest BCUT2D eigenvalue weighted by Crippen LogP contribution is -2.39. The molecule has 1 amide bonds. The Morgan fingerprint density at radius 2 is 1.88 bits per heavy atom. The largest absolute Gasteiger partial charge is 0.492 e. The quantitative estimate of drug-likeness (QED) is 0.679. The molecule has 0 aliphatic heterocycles. The van der Waals surface area contributed by atoms with Gasteiger partial charge in [-0.2, -0.15) is 0 Å². The van der Waals surface area contributed by atoms with Crippen molar-refractivity contribution in [1.29, 1.82) is 0 Å². The molecule has 5 heteroatoms. The number of benzene rings is 2. The van der Waals surface area contributed by atoms with Crippen molar-refractivity contribution in [2.45, 2.75) is 32.8 Å². The van der Waals surface area contributed by atoms with E-state index in [1.165, 1.54) is 5.56 Å². The number of nitrogens with one attached hydrogen (secondary N) is 1. The Morgan fingerprint density at radius 1 is 1.12 bits per heavy atom. The zero-order valence-electron chi connectivity index (χ0n) is 14.6. The van der Waals surface area contributed by atoms with E-state index in [0.717, 1.165) is 12.2 Å². The first-order valence-corrected chi connectivity index (χ1v) is 8.91. The Hall–Kier alpha value is -2.20. The highest BCUT2D eigenvalue weighted by molar-refractivity contribution is 6.30. The van der Waals surface area contributed by atoms with Crippen LogP contribution in [0.15, 0.2) is 48.5 Å². The topological polar surface area (TPSA) is 47.6 Å². The molecule has 0 radical (unpaired) electrons. The van der Waals surface area contributed by atoms with Gasteiger partial charge < -0.3 is 14.8 Å². The van der Waals surface area contributed by atoms with E-state index in [1.54, 1.807) is 24.3 Å². The lowest BCUT2D eigenvalue weighted by molar-refractivity contribution is -0.128. The molecule has 4 nitrogen and oxygen atoms in total. The van der Waals surface area contributed by atoms with Crippen LogP contribution in [-0.4, -0.2) is 25.2 Å². The second kappa shape index (κ2) is 9.94. The molecule has 0 bridgehead atoms. The van der Waals surface area contributed by atoms with Crippen LogP contribution in [0.3, 0.4) is 0 Å². The first kappa shape index (κ1) is 19.1. The van der Waals surface area contributed by atoms with E-state index in [2.05, 4.69) is 12.2 Å². The number of halogens is 1. The van der Waals surface area contributed by atoms with Crippen molar-refractivity contribution in [2.24, 2.45) is 0 Å². The van der Waals surface area contributed by atoms with Gasteiger partial charge in [-0.3, -0.25) is 4.79 Å². The summed E-state index contributed by atoms with van der Waals surface area (Å²) >= 11 is 5.93. The molecule has 2 rings (SSSR count). The van der Waals surface area contributed by atoms with E-state index in [1.807, 2.05) is 31.2 Å². The number of ether oxygens (including phenoxy) is 2. The Balaban J connectivity index is 1.75. The van der Waals surface area contributed by atoms with Crippen LogP contribution in [0.25, 0.3) is 0 Å². The molecule has 0 aromatic heterocycles. The zero-order chi connectivity index (χ0) is 18.1. The maximum atomic E-state index is 12.2. The summed E-state index contributed by atoms with van der Waals surface area (Å²) in [5, 5.41) is 3.42. The van der Waals surface area contributed by atoms with Crippen molar-refractivity contribution >= 4 is 17.5 Å². The van der Waals surface area contributed by atoms with Crippen molar-refractivity contribution in [3.05, 3.63) is 59.1 Å². The minimum absolute atomic E-state index is 0.160. The normalized spacial score (nSPS) is 11.6. The number of carbonyl (C=O) groups excluding carboxylic acids is 1. The van der Waals surface area contributed by atoms with Crippen molar-refractivity contribution in [1.82, 2.24) is 5.32 Å². The number of rotatable bonds is 9. The lowest BCUT2D eigenvalue weighted by atomic mass is 10.2. The van der Waals surface area contributed by atoms with Crippen molar-refractivity contribution in [3.63, 3.8) is 0 Å². The maximum Gasteiger partial charge on any atom is 0.261 e. The minimum atomic E-state index is -0.553. The van der Waals surface area contributed by atoms with Gasteiger partial charge in [0.25, 0.3) is 5.91 Å². The van der Waals surface area contributed by atoms with Crippen LogP contribution in [0.2, 0.25) is 5.02 Å². The highest BCUT2D eigenvalue weighted by atomic mass is 35.5. The summed E-state index contributed by atoms with van der Waals surface area (Å²) in [6.45, 7) is 4.84. The first-order valence-electron chi connectivity index (χ1n) is 8.54. The Labute approximate surface area is 154 Å². The molecule has 0 spiro atoms. The average molecular weight is 362 g/mol. The molecule has 0 aliphatic rings. The van der Waals surface area contributed by atoms with Crippen LogP contribution in [0.1, 0.15) is 25.8 Å². The third kappa shape index (κ3) is 6.31. The van der Waals surface area contributed by atoms with Crippen LogP contribution in [-0.2, 0) is 11.2 Å². The van der Waals surface area contributed by atoms with Gasteiger partial charge in [0.2, 0.25) is 0 Å². The molecule has 0 aliphatic carbocycles. The number of aryl methyl sites for hydroxylation is 1. The number of hydrogen-bond donors (Lipinski definition) is 1. The van der Waals surface area contributed by atoms with Gasteiger partial charge >= 0.3 is 0 Å². The fraction of sp³-hybridized carbons (Fsp3) is 0.350. The molecular formula is C20H24ClNO3. The standard InChI is InChI=1S/C20H24ClNO3/c1-3-15-8-10-17(11-9-15)24-13-12-22-20(23)19(4-2)25-18-7-5-6-16(21)14-18/h5-11,14,19H,3-4,12-13H2,1-2H3,(H,22,23). The van der Waals surface area contributed by atoms with Crippen LogP contribution >= 0.6 is 11.6 Å². The fourth-order valence-electron chi connectivity index (χ4n) is 2.31. The maximum absolute atomic E-state index is 12.2. The van der Waals surface area contributed by atoms with Crippen molar-refractivity contribution < 1.29 is 14.3 Å². The first-order chi connectivity index (χ1) is 12.1. The van der Waals surface area contributed by atoms with Crippen LogP contribution in [0, 0.1) is 0 Å². The average Bonchev–Trinajstić information content (AvgIpc) is 2.63.